The second-order valence-electron chi connectivity index (χ2n) is 5.27. The van der Waals surface area contributed by atoms with Gasteiger partial charge in [-0.2, -0.15) is 30.7 Å². The molecule has 0 N–H and O–H groups in total. The van der Waals surface area contributed by atoms with E-state index in [4.69, 9.17) is 0 Å². The maximum absolute atomic E-state index is 13.0. The SMILES string of the molecule is O=S(=O)([O-])C(F)(F)C(F)(F)CCCCCCCCCC(F)(F)F.[Na+]. The molecule has 0 saturated carbocycles. The Morgan fingerprint density at radius 2 is 1.00 bits per heavy atom. The van der Waals surface area contributed by atoms with Crippen molar-refractivity contribution in [2.45, 2.75) is 75.1 Å². The van der Waals surface area contributed by atoms with Crippen LogP contribution in [0.5, 0.6) is 0 Å². The molecule has 0 heterocycles. The predicted octanol–water partition coefficient (Wildman–Crippen LogP) is 1.84. The van der Waals surface area contributed by atoms with Crippen LogP contribution in [-0.4, -0.2) is 30.3 Å². The van der Waals surface area contributed by atoms with Gasteiger partial charge in [0.1, 0.15) is 0 Å². The normalized spacial score (nSPS) is 13.7. The Balaban J connectivity index is 0. The summed E-state index contributed by atoms with van der Waals surface area (Å²) in [4.78, 5) is 0. The van der Waals surface area contributed by atoms with Crippen LogP contribution >= 0.6 is 0 Å². The maximum Gasteiger partial charge on any atom is 1.00 e. The topological polar surface area (TPSA) is 57.2 Å². The fraction of sp³-hybridized carbons (Fsp3) is 1.00. The number of hydrogen-bond acceptors (Lipinski definition) is 3. The first-order valence-corrected chi connectivity index (χ1v) is 8.39. The van der Waals surface area contributed by atoms with E-state index in [2.05, 4.69) is 0 Å². The molecule has 0 aliphatic rings. The van der Waals surface area contributed by atoms with E-state index in [0.29, 0.717) is 25.7 Å². The Morgan fingerprint density at radius 1 is 0.667 bits per heavy atom. The van der Waals surface area contributed by atoms with Gasteiger partial charge in [-0.15, -0.1) is 0 Å². The van der Waals surface area contributed by atoms with Crippen LogP contribution in [0.2, 0.25) is 0 Å². The van der Waals surface area contributed by atoms with Gasteiger partial charge in [0, 0.05) is 12.8 Å². The molecule has 0 aromatic carbocycles. The second-order valence-corrected chi connectivity index (χ2v) is 6.69. The van der Waals surface area contributed by atoms with E-state index in [9.17, 15) is 43.7 Å². The zero-order chi connectivity index (χ0) is 18.4. The van der Waals surface area contributed by atoms with Gasteiger partial charge in [0.05, 0.1) is 0 Å². The van der Waals surface area contributed by atoms with Gasteiger partial charge >= 0.3 is 46.9 Å². The summed E-state index contributed by atoms with van der Waals surface area (Å²) < 4.78 is 118. The third-order valence-electron chi connectivity index (χ3n) is 3.19. The molecule has 12 heteroatoms. The van der Waals surface area contributed by atoms with Crippen LogP contribution in [0.4, 0.5) is 30.7 Å². The van der Waals surface area contributed by atoms with E-state index in [1.54, 1.807) is 0 Å². The van der Waals surface area contributed by atoms with Gasteiger partial charge in [-0.3, -0.25) is 0 Å². The fourth-order valence-electron chi connectivity index (χ4n) is 1.88. The first-order valence-electron chi connectivity index (χ1n) is 6.98. The van der Waals surface area contributed by atoms with Crippen molar-refractivity contribution in [3.05, 3.63) is 0 Å². The van der Waals surface area contributed by atoms with Gasteiger partial charge in [0.2, 0.25) is 0 Å². The van der Waals surface area contributed by atoms with Crippen molar-refractivity contribution in [2.75, 3.05) is 0 Å². The van der Waals surface area contributed by atoms with Gasteiger partial charge in [-0.25, -0.2) is 8.42 Å². The average Bonchev–Trinajstić information content (AvgIpc) is 2.33. The predicted molar refractivity (Wildman–Crippen MR) is 67.2 cm³/mol. The van der Waals surface area contributed by atoms with E-state index >= 15 is 0 Å². The van der Waals surface area contributed by atoms with E-state index in [1.807, 2.05) is 0 Å². The molecule has 0 aliphatic carbocycles. The Bertz CT molecular complexity index is 452. The minimum absolute atomic E-state index is 0. The quantitative estimate of drug-likeness (QED) is 0.231. The summed E-state index contributed by atoms with van der Waals surface area (Å²) in [5.41, 5.74) is 0. The summed E-state index contributed by atoms with van der Waals surface area (Å²) >= 11 is 0. The van der Waals surface area contributed by atoms with Crippen molar-refractivity contribution < 1.29 is 73.3 Å². The van der Waals surface area contributed by atoms with Gasteiger partial charge in [-0.05, 0) is 12.8 Å². The Labute approximate surface area is 158 Å². The number of unbranched alkanes of at least 4 members (excludes halogenated alkanes) is 6. The molecule has 0 aromatic heterocycles. The summed E-state index contributed by atoms with van der Waals surface area (Å²) in [5.74, 6) is -4.94. The number of hydrogen-bond donors (Lipinski definition) is 0. The Kier molecular flexibility index (Phi) is 11.7. The van der Waals surface area contributed by atoms with Crippen LogP contribution < -0.4 is 29.6 Å². The van der Waals surface area contributed by atoms with Crippen LogP contribution in [0.1, 0.15) is 57.8 Å². The van der Waals surface area contributed by atoms with E-state index in [0.717, 1.165) is 0 Å². The molecule has 0 aliphatic heterocycles. The summed E-state index contributed by atoms with van der Waals surface area (Å²) in [5, 5.41) is -5.66. The van der Waals surface area contributed by atoms with E-state index < -0.39 is 46.7 Å². The van der Waals surface area contributed by atoms with Crippen LogP contribution in [0, 0.1) is 0 Å². The first-order chi connectivity index (χ1) is 10.2. The summed E-state index contributed by atoms with van der Waals surface area (Å²) in [6, 6.07) is 0. The van der Waals surface area contributed by atoms with E-state index in [1.165, 1.54) is 0 Å². The zero-order valence-corrected chi connectivity index (χ0v) is 16.0. The molecule has 3 nitrogen and oxygen atoms in total. The van der Waals surface area contributed by atoms with Crippen molar-refractivity contribution in [3.8, 4) is 0 Å². The van der Waals surface area contributed by atoms with Crippen LogP contribution in [-0.2, 0) is 10.1 Å². The standard InChI is InChI=1S/C12H19F7O3S.Na/c13-10(14,12(18,19)23(20,21)22)8-6-4-2-1-3-5-7-9-11(15,16)17;/h1-9H2,(H,20,21,22);/q;+1/p-1. The number of alkyl halides is 7. The minimum Gasteiger partial charge on any atom is -0.743 e. The van der Waals surface area contributed by atoms with Gasteiger partial charge in [0.25, 0.3) is 0 Å². The Hall–Kier alpha value is 0.420. The molecule has 24 heavy (non-hydrogen) atoms. The average molecular weight is 398 g/mol. The first kappa shape index (κ1) is 26.6. The smallest absolute Gasteiger partial charge is 0.743 e. The zero-order valence-electron chi connectivity index (χ0n) is 13.1. The third kappa shape index (κ3) is 9.79. The fourth-order valence-corrected chi connectivity index (χ4v) is 2.35. The summed E-state index contributed by atoms with van der Waals surface area (Å²) in [6.45, 7) is 0. The van der Waals surface area contributed by atoms with Crippen molar-refractivity contribution in [3.63, 3.8) is 0 Å². The molecule has 0 aromatic rings. The van der Waals surface area contributed by atoms with Gasteiger partial charge in [0.15, 0.2) is 10.1 Å². The largest absolute Gasteiger partial charge is 1.00 e. The van der Waals surface area contributed by atoms with Crippen LogP contribution in [0.3, 0.4) is 0 Å². The molecule has 0 atom stereocenters. The molecule has 0 bridgehead atoms. The molecule has 0 fully saturated rings. The molecule has 0 radical (unpaired) electrons. The van der Waals surface area contributed by atoms with Crippen molar-refractivity contribution in [1.29, 1.82) is 0 Å². The third-order valence-corrected chi connectivity index (χ3v) is 4.12. The van der Waals surface area contributed by atoms with Crippen molar-refractivity contribution >= 4 is 10.1 Å². The summed E-state index contributed by atoms with van der Waals surface area (Å²) in [6.07, 6.45) is -5.33. The van der Waals surface area contributed by atoms with Crippen LogP contribution in [0.15, 0.2) is 0 Å². The Morgan fingerprint density at radius 3 is 1.33 bits per heavy atom. The molecule has 0 unspecified atom stereocenters. The molecular weight excluding hydrogens is 380 g/mol. The minimum atomic E-state index is -6.46. The van der Waals surface area contributed by atoms with Crippen molar-refractivity contribution in [2.24, 2.45) is 0 Å². The van der Waals surface area contributed by atoms with Crippen LogP contribution in [0.25, 0.3) is 0 Å². The van der Waals surface area contributed by atoms with Crippen molar-refractivity contribution in [1.82, 2.24) is 0 Å². The molecule has 140 valence electrons. The molecule has 0 spiro atoms. The monoisotopic (exact) mass is 398 g/mol. The van der Waals surface area contributed by atoms with E-state index in [-0.39, 0.29) is 42.4 Å². The van der Waals surface area contributed by atoms with Gasteiger partial charge < -0.3 is 4.55 Å². The molecule has 0 amide bonds. The maximum atomic E-state index is 13.0. The number of rotatable bonds is 11. The molecule has 0 saturated heterocycles. The summed E-state index contributed by atoms with van der Waals surface area (Å²) in [7, 11) is -6.46. The number of halogens is 7. The van der Waals surface area contributed by atoms with Gasteiger partial charge in [-0.1, -0.05) is 32.1 Å². The molecule has 0 rings (SSSR count). The second kappa shape index (κ2) is 10.5. The molecular formula is C12H18F7NaO3S.